The number of benzene rings is 2. The van der Waals surface area contributed by atoms with Crippen molar-refractivity contribution in [3.8, 4) is 17.2 Å². The number of esters is 1. The molecule has 0 heterocycles. The Balaban J connectivity index is 1.86. The molecule has 0 aromatic heterocycles. The molecule has 0 spiro atoms. The molecule has 0 saturated carbocycles. The molecular formula is C20H22O5. The van der Waals surface area contributed by atoms with Crippen LogP contribution < -0.4 is 14.2 Å². The van der Waals surface area contributed by atoms with Gasteiger partial charge in [0.1, 0.15) is 5.75 Å². The van der Waals surface area contributed by atoms with E-state index >= 15 is 0 Å². The van der Waals surface area contributed by atoms with Crippen molar-refractivity contribution >= 4 is 12.0 Å². The molecule has 0 N–H and O–H groups in total. The third-order valence-corrected chi connectivity index (χ3v) is 3.36. The molecule has 5 nitrogen and oxygen atoms in total. The van der Waals surface area contributed by atoms with Crippen LogP contribution in [-0.4, -0.2) is 33.4 Å². The molecule has 0 bridgehead atoms. The van der Waals surface area contributed by atoms with Crippen LogP contribution in [0.3, 0.4) is 0 Å². The minimum absolute atomic E-state index is 0.406. The van der Waals surface area contributed by atoms with Crippen molar-refractivity contribution in [2.24, 2.45) is 0 Å². The standard InChI is InChI=1S/C20H22O5/c1-22-18-11-9-16(10-12-20(21)23-2)15-19(18)25-14-6-13-24-17-7-4-3-5-8-17/h3-5,7-12,15H,6,13-14H2,1-2H3/b12-10+. The Morgan fingerprint density at radius 2 is 1.72 bits per heavy atom. The van der Waals surface area contributed by atoms with Crippen LogP contribution in [0.4, 0.5) is 0 Å². The van der Waals surface area contributed by atoms with Gasteiger partial charge in [0.15, 0.2) is 11.5 Å². The molecule has 0 radical (unpaired) electrons. The van der Waals surface area contributed by atoms with Gasteiger partial charge >= 0.3 is 5.97 Å². The Morgan fingerprint density at radius 3 is 2.44 bits per heavy atom. The Morgan fingerprint density at radius 1 is 0.960 bits per heavy atom. The predicted octanol–water partition coefficient (Wildman–Crippen LogP) is 3.73. The second-order valence-electron chi connectivity index (χ2n) is 5.13. The topological polar surface area (TPSA) is 54.0 Å². The van der Waals surface area contributed by atoms with E-state index in [1.165, 1.54) is 13.2 Å². The first-order valence-electron chi connectivity index (χ1n) is 7.97. The fourth-order valence-corrected chi connectivity index (χ4v) is 2.09. The Labute approximate surface area is 147 Å². The Bertz CT molecular complexity index is 694. The third kappa shape index (κ3) is 6.22. The van der Waals surface area contributed by atoms with E-state index in [9.17, 15) is 4.79 Å². The molecule has 132 valence electrons. The lowest BCUT2D eigenvalue weighted by Gasteiger charge is -2.12. The number of hydrogen-bond donors (Lipinski definition) is 0. The van der Waals surface area contributed by atoms with Crippen molar-refractivity contribution < 1.29 is 23.7 Å². The van der Waals surface area contributed by atoms with E-state index in [-0.39, 0.29) is 0 Å². The van der Waals surface area contributed by atoms with E-state index in [0.29, 0.717) is 24.7 Å². The molecular weight excluding hydrogens is 320 g/mol. The summed E-state index contributed by atoms with van der Waals surface area (Å²) in [6.45, 7) is 1.06. The Kier molecular flexibility index (Phi) is 7.38. The summed E-state index contributed by atoms with van der Waals surface area (Å²) in [6.07, 6.45) is 3.76. The minimum atomic E-state index is -0.406. The van der Waals surface area contributed by atoms with Gasteiger partial charge in [-0.15, -0.1) is 0 Å². The van der Waals surface area contributed by atoms with E-state index < -0.39 is 5.97 Å². The largest absolute Gasteiger partial charge is 0.493 e. The lowest BCUT2D eigenvalue weighted by atomic mass is 10.2. The average molecular weight is 342 g/mol. The highest BCUT2D eigenvalue weighted by Crippen LogP contribution is 2.28. The summed E-state index contributed by atoms with van der Waals surface area (Å²) in [5.41, 5.74) is 0.821. The number of hydrogen-bond acceptors (Lipinski definition) is 5. The number of para-hydroxylation sites is 1. The Hall–Kier alpha value is -2.95. The SMILES string of the molecule is COC(=O)/C=C/c1ccc(OC)c(OCCCOc2ccccc2)c1. The average Bonchev–Trinajstić information content (AvgIpc) is 2.66. The van der Waals surface area contributed by atoms with Crippen molar-refractivity contribution in [1.29, 1.82) is 0 Å². The summed E-state index contributed by atoms with van der Waals surface area (Å²) in [6, 6.07) is 15.1. The summed E-state index contributed by atoms with van der Waals surface area (Å²) in [4.78, 5) is 11.2. The van der Waals surface area contributed by atoms with Gasteiger partial charge in [-0.2, -0.15) is 0 Å². The number of carbonyl (C=O) groups is 1. The molecule has 2 aromatic rings. The first-order valence-corrected chi connectivity index (χ1v) is 7.97. The van der Waals surface area contributed by atoms with Gasteiger partial charge in [0.25, 0.3) is 0 Å². The molecule has 0 unspecified atom stereocenters. The quantitative estimate of drug-likeness (QED) is 0.395. The van der Waals surface area contributed by atoms with E-state index in [2.05, 4.69) is 4.74 Å². The zero-order valence-electron chi connectivity index (χ0n) is 14.4. The fourth-order valence-electron chi connectivity index (χ4n) is 2.09. The highest BCUT2D eigenvalue weighted by atomic mass is 16.5. The maximum Gasteiger partial charge on any atom is 0.330 e. The van der Waals surface area contributed by atoms with Crippen LogP contribution in [0, 0.1) is 0 Å². The molecule has 0 saturated heterocycles. The second kappa shape index (κ2) is 10.0. The third-order valence-electron chi connectivity index (χ3n) is 3.36. The highest BCUT2D eigenvalue weighted by molar-refractivity contribution is 5.87. The van der Waals surface area contributed by atoms with Crippen LogP contribution in [0.25, 0.3) is 6.08 Å². The number of carbonyl (C=O) groups excluding carboxylic acids is 1. The first-order chi connectivity index (χ1) is 12.2. The van der Waals surface area contributed by atoms with Crippen LogP contribution in [0.2, 0.25) is 0 Å². The van der Waals surface area contributed by atoms with Gasteiger partial charge < -0.3 is 18.9 Å². The molecule has 0 aliphatic rings. The van der Waals surface area contributed by atoms with Crippen molar-refractivity contribution in [2.45, 2.75) is 6.42 Å². The number of rotatable bonds is 9. The lowest BCUT2D eigenvalue weighted by Crippen LogP contribution is -2.05. The van der Waals surface area contributed by atoms with E-state index in [4.69, 9.17) is 14.2 Å². The van der Waals surface area contributed by atoms with Gasteiger partial charge in [0.05, 0.1) is 27.4 Å². The van der Waals surface area contributed by atoms with Crippen LogP contribution >= 0.6 is 0 Å². The van der Waals surface area contributed by atoms with Crippen molar-refractivity contribution in [2.75, 3.05) is 27.4 Å². The fraction of sp³-hybridized carbons (Fsp3) is 0.250. The van der Waals surface area contributed by atoms with Gasteiger partial charge in [-0.1, -0.05) is 24.3 Å². The zero-order chi connectivity index (χ0) is 17.9. The summed E-state index contributed by atoms with van der Waals surface area (Å²) in [5.74, 6) is 1.69. The maximum atomic E-state index is 11.2. The summed E-state index contributed by atoms with van der Waals surface area (Å²) in [5, 5.41) is 0. The van der Waals surface area contributed by atoms with Gasteiger partial charge in [-0.3, -0.25) is 0 Å². The molecule has 25 heavy (non-hydrogen) atoms. The summed E-state index contributed by atoms with van der Waals surface area (Å²) >= 11 is 0. The van der Waals surface area contributed by atoms with Crippen molar-refractivity contribution in [1.82, 2.24) is 0 Å². The van der Waals surface area contributed by atoms with Crippen LogP contribution in [-0.2, 0) is 9.53 Å². The minimum Gasteiger partial charge on any atom is -0.493 e. The lowest BCUT2D eigenvalue weighted by molar-refractivity contribution is -0.134. The summed E-state index contributed by atoms with van der Waals surface area (Å²) < 4.78 is 21.3. The van der Waals surface area contributed by atoms with E-state index in [0.717, 1.165) is 17.7 Å². The molecule has 0 amide bonds. The van der Waals surface area contributed by atoms with Crippen LogP contribution in [0.5, 0.6) is 17.2 Å². The molecule has 2 rings (SSSR count). The molecule has 5 heteroatoms. The molecule has 2 aromatic carbocycles. The molecule has 0 aliphatic heterocycles. The normalized spacial score (nSPS) is 10.5. The van der Waals surface area contributed by atoms with E-state index in [1.54, 1.807) is 19.3 Å². The molecule has 0 aliphatic carbocycles. The van der Waals surface area contributed by atoms with Gasteiger partial charge in [0, 0.05) is 12.5 Å². The molecule has 0 fully saturated rings. The first kappa shape index (κ1) is 18.4. The van der Waals surface area contributed by atoms with Crippen LogP contribution in [0.15, 0.2) is 54.6 Å². The van der Waals surface area contributed by atoms with E-state index in [1.807, 2.05) is 42.5 Å². The number of methoxy groups -OCH3 is 2. The van der Waals surface area contributed by atoms with Crippen molar-refractivity contribution in [3.05, 3.63) is 60.2 Å². The molecule has 0 atom stereocenters. The zero-order valence-corrected chi connectivity index (χ0v) is 14.4. The predicted molar refractivity (Wildman–Crippen MR) is 96.1 cm³/mol. The van der Waals surface area contributed by atoms with Crippen LogP contribution in [0.1, 0.15) is 12.0 Å². The van der Waals surface area contributed by atoms with Gasteiger partial charge in [-0.05, 0) is 35.9 Å². The smallest absolute Gasteiger partial charge is 0.330 e. The highest BCUT2D eigenvalue weighted by Gasteiger charge is 2.05. The van der Waals surface area contributed by atoms with Gasteiger partial charge in [0.2, 0.25) is 0 Å². The van der Waals surface area contributed by atoms with Gasteiger partial charge in [-0.25, -0.2) is 4.79 Å². The summed E-state index contributed by atoms with van der Waals surface area (Å²) in [7, 11) is 2.93. The maximum absolute atomic E-state index is 11.2. The van der Waals surface area contributed by atoms with Crippen molar-refractivity contribution in [3.63, 3.8) is 0 Å². The monoisotopic (exact) mass is 342 g/mol. The second-order valence-corrected chi connectivity index (χ2v) is 5.13. The number of ether oxygens (including phenoxy) is 4.